The lowest BCUT2D eigenvalue weighted by Gasteiger charge is -2.23. The molecule has 1 fully saturated rings. The minimum absolute atomic E-state index is 0.0607. The average molecular weight is 507 g/mol. The van der Waals surface area contributed by atoms with Gasteiger partial charge < -0.3 is 26.6 Å². The van der Waals surface area contributed by atoms with Crippen LogP contribution in [0.1, 0.15) is 41.2 Å². The molecule has 5 N–H and O–H groups in total. The van der Waals surface area contributed by atoms with Crippen LogP contribution in [0.5, 0.6) is 0 Å². The van der Waals surface area contributed by atoms with E-state index in [4.69, 9.17) is 5.73 Å². The van der Waals surface area contributed by atoms with E-state index in [-0.39, 0.29) is 43.1 Å². The number of benzene rings is 1. The molecule has 194 valence electrons. The van der Waals surface area contributed by atoms with Crippen LogP contribution in [0.4, 0.5) is 0 Å². The maximum atomic E-state index is 12.9. The Bertz CT molecular complexity index is 1280. The van der Waals surface area contributed by atoms with E-state index in [1.807, 2.05) is 30.3 Å². The number of carbonyl (C=O) groups excluding carboxylic acids is 4. The summed E-state index contributed by atoms with van der Waals surface area (Å²) in [4.78, 5) is 56.0. The number of nitrogens with zero attached hydrogens (tertiary/aromatic N) is 4. The maximum absolute atomic E-state index is 12.9. The number of nitrogens with two attached hydrogens (primary N) is 1. The van der Waals surface area contributed by atoms with Gasteiger partial charge in [-0.25, -0.2) is 9.50 Å². The minimum atomic E-state index is -1.05. The fourth-order valence-electron chi connectivity index (χ4n) is 4.33. The molecule has 1 aliphatic rings. The minimum Gasteiger partial charge on any atom is -0.359 e. The quantitative estimate of drug-likeness (QED) is 0.311. The van der Waals surface area contributed by atoms with Gasteiger partial charge in [0.1, 0.15) is 5.56 Å². The summed E-state index contributed by atoms with van der Waals surface area (Å²) < 4.78 is 1.51. The fourth-order valence-corrected chi connectivity index (χ4v) is 4.33. The van der Waals surface area contributed by atoms with Gasteiger partial charge >= 0.3 is 0 Å². The Balaban J connectivity index is 1.30. The summed E-state index contributed by atoms with van der Waals surface area (Å²) in [5, 5.41) is 12.4. The van der Waals surface area contributed by atoms with Gasteiger partial charge in [-0.2, -0.15) is 5.10 Å². The number of fused-ring (bicyclic) bond motifs is 1. The van der Waals surface area contributed by atoms with Crippen LogP contribution in [-0.2, 0) is 14.4 Å². The van der Waals surface area contributed by atoms with E-state index in [9.17, 15) is 19.2 Å². The van der Waals surface area contributed by atoms with Crippen LogP contribution in [0.25, 0.3) is 5.65 Å². The molecular weight excluding hydrogens is 476 g/mol. The van der Waals surface area contributed by atoms with Crippen LogP contribution in [-0.4, -0.2) is 75.3 Å². The lowest BCUT2D eigenvalue weighted by molar-refractivity contribution is -0.134. The second-order valence-electron chi connectivity index (χ2n) is 8.91. The highest BCUT2D eigenvalue weighted by Gasteiger charge is 2.32. The molecule has 3 heterocycles. The van der Waals surface area contributed by atoms with E-state index in [1.165, 1.54) is 17.8 Å². The van der Waals surface area contributed by atoms with Gasteiger partial charge in [0, 0.05) is 38.6 Å². The SMILES string of the molecule is CNC(=O)C[C@@H](NC(=O)C[C@H](N)C(=O)N1CC[C@H](NC(=O)c2cnn3cccnc23)C1)c1ccccc1. The molecule has 37 heavy (non-hydrogen) atoms. The number of nitrogens with one attached hydrogen (secondary N) is 3. The third-order valence-corrected chi connectivity index (χ3v) is 6.29. The van der Waals surface area contributed by atoms with Gasteiger partial charge in [-0.15, -0.1) is 0 Å². The summed E-state index contributed by atoms with van der Waals surface area (Å²) in [5.74, 6) is -1.34. The van der Waals surface area contributed by atoms with Crippen molar-refractivity contribution < 1.29 is 19.2 Å². The first-order valence-corrected chi connectivity index (χ1v) is 12.0. The molecule has 0 unspecified atom stereocenters. The van der Waals surface area contributed by atoms with Gasteiger partial charge in [0.15, 0.2) is 5.65 Å². The van der Waals surface area contributed by atoms with Gasteiger partial charge in [0.2, 0.25) is 17.7 Å². The summed E-state index contributed by atoms with van der Waals surface area (Å²) in [6, 6.07) is 9.00. The highest BCUT2D eigenvalue weighted by Crippen LogP contribution is 2.18. The fraction of sp³-hybridized carbons (Fsp3) is 0.360. The molecule has 3 aromatic rings. The second-order valence-corrected chi connectivity index (χ2v) is 8.91. The van der Waals surface area contributed by atoms with Crippen LogP contribution in [0, 0.1) is 0 Å². The lowest BCUT2D eigenvalue weighted by Crippen LogP contribution is -2.47. The summed E-state index contributed by atoms with van der Waals surface area (Å²) in [6.45, 7) is 0.700. The Morgan fingerprint density at radius 2 is 1.89 bits per heavy atom. The molecule has 4 rings (SSSR count). The summed E-state index contributed by atoms with van der Waals surface area (Å²) in [5.41, 5.74) is 7.66. The predicted molar refractivity (Wildman–Crippen MR) is 134 cm³/mol. The first-order valence-electron chi connectivity index (χ1n) is 12.0. The van der Waals surface area contributed by atoms with Crippen molar-refractivity contribution in [3.05, 3.63) is 66.1 Å². The largest absolute Gasteiger partial charge is 0.359 e. The van der Waals surface area contributed by atoms with Crippen molar-refractivity contribution in [1.29, 1.82) is 0 Å². The molecule has 0 spiro atoms. The highest BCUT2D eigenvalue weighted by atomic mass is 16.2. The van der Waals surface area contributed by atoms with Gasteiger partial charge in [-0.05, 0) is 18.1 Å². The number of aromatic nitrogens is 3. The maximum Gasteiger partial charge on any atom is 0.257 e. The zero-order chi connectivity index (χ0) is 26.4. The normalized spacial score (nSPS) is 16.7. The van der Waals surface area contributed by atoms with E-state index >= 15 is 0 Å². The Hall–Kier alpha value is -4.32. The van der Waals surface area contributed by atoms with Gasteiger partial charge in [0.05, 0.1) is 31.1 Å². The van der Waals surface area contributed by atoms with Crippen LogP contribution in [0.3, 0.4) is 0 Å². The highest BCUT2D eigenvalue weighted by molar-refractivity contribution is 5.99. The van der Waals surface area contributed by atoms with E-state index in [0.29, 0.717) is 24.2 Å². The molecule has 4 amide bonds. The molecule has 3 atom stereocenters. The van der Waals surface area contributed by atoms with E-state index in [1.54, 1.807) is 23.4 Å². The van der Waals surface area contributed by atoms with Crippen LogP contribution < -0.4 is 21.7 Å². The first kappa shape index (κ1) is 25.8. The van der Waals surface area contributed by atoms with Crippen molar-refractivity contribution in [3.63, 3.8) is 0 Å². The molecule has 12 nitrogen and oxygen atoms in total. The van der Waals surface area contributed by atoms with E-state index < -0.39 is 18.0 Å². The number of amides is 4. The molecule has 1 aromatic carbocycles. The molecule has 0 radical (unpaired) electrons. The second kappa shape index (κ2) is 11.6. The molecular formula is C25H30N8O4. The Morgan fingerprint density at radius 1 is 1.11 bits per heavy atom. The van der Waals surface area contributed by atoms with Crippen LogP contribution in [0.2, 0.25) is 0 Å². The molecule has 1 aliphatic heterocycles. The average Bonchev–Trinajstić information content (AvgIpc) is 3.55. The summed E-state index contributed by atoms with van der Waals surface area (Å²) in [7, 11) is 1.53. The first-order chi connectivity index (χ1) is 17.9. The third kappa shape index (κ3) is 6.28. The standard InChI is InChI=1S/C25H30N8O4/c1-27-21(34)13-20(16-6-3-2-4-7-16)31-22(35)12-19(26)25(37)32-11-8-17(15-32)30-24(36)18-14-29-33-10-5-9-28-23(18)33/h2-7,9-10,14,17,19-20H,8,11-13,15,26H2,1H3,(H,27,34)(H,30,36)(H,31,35)/t17-,19-,20+/m0/s1. The molecule has 0 saturated carbocycles. The number of likely N-dealkylation sites (tertiary alicyclic amines) is 1. The molecule has 0 bridgehead atoms. The van der Waals surface area contributed by atoms with Crippen molar-refractivity contribution in [2.75, 3.05) is 20.1 Å². The van der Waals surface area contributed by atoms with E-state index in [2.05, 4.69) is 26.0 Å². The molecule has 12 heteroatoms. The summed E-state index contributed by atoms with van der Waals surface area (Å²) >= 11 is 0. The molecule has 0 aliphatic carbocycles. The molecule has 2 aromatic heterocycles. The number of hydrogen-bond donors (Lipinski definition) is 4. The van der Waals surface area contributed by atoms with Crippen molar-refractivity contribution >= 4 is 29.3 Å². The van der Waals surface area contributed by atoms with Crippen LogP contribution in [0.15, 0.2) is 55.0 Å². The zero-order valence-corrected chi connectivity index (χ0v) is 20.5. The number of hydrogen-bond acceptors (Lipinski definition) is 7. The van der Waals surface area contributed by atoms with Crippen molar-refractivity contribution in [2.24, 2.45) is 5.73 Å². The van der Waals surface area contributed by atoms with Crippen molar-refractivity contribution in [3.8, 4) is 0 Å². The Morgan fingerprint density at radius 3 is 2.65 bits per heavy atom. The van der Waals surface area contributed by atoms with Crippen molar-refractivity contribution in [1.82, 2.24) is 35.4 Å². The zero-order valence-electron chi connectivity index (χ0n) is 20.5. The van der Waals surface area contributed by atoms with Crippen LogP contribution >= 0.6 is 0 Å². The third-order valence-electron chi connectivity index (χ3n) is 6.29. The van der Waals surface area contributed by atoms with Gasteiger partial charge in [0.25, 0.3) is 5.91 Å². The van der Waals surface area contributed by atoms with Crippen molar-refractivity contribution in [2.45, 2.75) is 37.4 Å². The molecule has 1 saturated heterocycles. The smallest absolute Gasteiger partial charge is 0.257 e. The monoisotopic (exact) mass is 506 g/mol. The topological polar surface area (TPSA) is 164 Å². The van der Waals surface area contributed by atoms with Gasteiger partial charge in [-0.1, -0.05) is 30.3 Å². The predicted octanol–water partition coefficient (Wildman–Crippen LogP) is -0.229. The van der Waals surface area contributed by atoms with E-state index in [0.717, 1.165) is 5.56 Å². The summed E-state index contributed by atoms with van der Waals surface area (Å²) in [6.07, 6.45) is 5.14. The lowest BCUT2D eigenvalue weighted by atomic mass is 10.0. The van der Waals surface area contributed by atoms with Gasteiger partial charge in [-0.3, -0.25) is 19.2 Å². The number of rotatable bonds is 9. The Labute approximate surface area is 213 Å². The number of carbonyl (C=O) groups is 4. The Kier molecular flexibility index (Phi) is 8.08.